The van der Waals surface area contributed by atoms with Gasteiger partial charge in [0.2, 0.25) is 11.9 Å². The van der Waals surface area contributed by atoms with E-state index < -0.39 is 0 Å². The van der Waals surface area contributed by atoms with E-state index in [4.69, 9.17) is 32.5 Å². The maximum atomic E-state index is 11.7. The number of benzene rings is 1. The lowest BCUT2D eigenvalue weighted by Gasteiger charge is -2.09. The van der Waals surface area contributed by atoms with Crippen molar-refractivity contribution in [2.75, 3.05) is 18.1 Å². The fraction of sp³-hybridized carbons (Fsp3) is 0.333. The molecule has 0 spiro atoms. The van der Waals surface area contributed by atoms with Crippen molar-refractivity contribution in [1.82, 2.24) is 15.0 Å². The Morgan fingerprint density at radius 3 is 2.58 bits per heavy atom. The molecule has 1 aromatic carbocycles. The van der Waals surface area contributed by atoms with Crippen LogP contribution in [0.4, 0.5) is 11.9 Å². The van der Waals surface area contributed by atoms with Crippen LogP contribution >= 0.6 is 11.6 Å². The molecule has 0 amide bonds. The van der Waals surface area contributed by atoms with Crippen LogP contribution in [0.25, 0.3) is 0 Å². The van der Waals surface area contributed by atoms with E-state index in [0.29, 0.717) is 18.1 Å². The third-order valence-corrected chi connectivity index (χ3v) is 3.23. The van der Waals surface area contributed by atoms with Crippen LogP contribution in [0.1, 0.15) is 24.2 Å². The van der Waals surface area contributed by atoms with Gasteiger partial charge in [0, 0.05) is 11.4 Å². The van der Waals surface area contributed by atoms with Crippen molar-refractivity contribution in [2.24, 2.45) is 0 Å². The average Bonchev–Trinajstić information content (AvgIpc) is 2.50. The monoisotopic (exact) mass is 351 g/mol. The Labute approximate surface area is 144 Å². The van der Waals surface area contributed by atoms with Gasteiger partial charge >= 0.3 is 5.97 Å². The van der Waals surface area contributed by atoms with Crippen LogP contribution in [0, 0.1) is 6.92 Å². The number of hydrogen-bond donors (Lipinski definition) is 2. The highest BCUT2D eigenvalue weighted by Crippen LogP contribution is 2.21. The molecule has 0 bridgehead atoms. The van der Waals surface area contributed by atoms with Gasteiger partial charge in [-0.05, 0) is 37.1 Å². The Hall–Kier alpha value is -2.61. The van der Waals surface area contributed by atoms with Gasteiger partial charge in [-0.1, -0.05) is 11.6 Å². The molecule has 0 unspecified atom stereocenters. The molecule has 0 aliphatic rings. The SMILES string of the molecule is Cc1cc(Cl)ccc1OCCCC(=O)OCc1nc(N)nc(N)n1. The molecule has 24 heavy (non-hydrogen) atoms. The number of halogens is 1. The molecule has 0 aliphatic heterocycles. The van der Waals surface area contributed by atoms with E-state index >= 15 is 0 Å². The third-order valence-electron chi connectivity index (χ3n) is 3.00. The maximum absolute atomic E-state index is 11.7. The first kappa shape index (κ1) is 17.7. The van der Waals surface area contributed by atoms with E-state index in [1.54, 1.807) is 12.1 Å². The van der Waals surface area contributed by atoms with E-state index in [1.165, 1.54) is 0 Å². The number of anilines is 2. The lowest BCUT2D eigenvalue weighted by Crippen LogP contribution is -2.11. The number of aryl methyl sites for hydroxylation is 1. The minimum absolute atomic E-state index is 0.0136. The Bertz CT molecular complexity index is 706. The lowest BCUT2D eigenvalue weighted by atomic mass is 10.2. The number of esters is 1. The molecule has 1 aromatic heterocycles. The molecular formula is C15H18ClN5O3. The number of rotatable bonds is 7. The lowest BCUT2D eigenvalue weighted by molar-refractivity contribution is -0.145. The molecule has 0 saturated heterocycles. The molecular weight excluding hydrogens is 334 g/mol. The zero-order valence-corrected chi connectivity index (χ0v) is 13.9. The predicted molar refractivity (Wildman–Crippen MR) is 89.4 cm³/mol. The van der Waals surface area contributed by atoms with Gasteiger partial charge in [-0.3, -0.25) is 4.79 Å². The van der Waals surface area contributed by atoms with Crippen LogP contribution in [-0.4, -0.2) is 27.5 Å². The van der Waals surface area contributed by atoms with Gasteiger partial charge in [0.15, 0.2) is 12.4 Å². The molecule has 4 N–H and O–H groups in total. The molecule has 128 valence electrons. The summed E-state index contributed by atoms with van der Waals surface area (Å²) in [6.45, 7) is 2.19. The van der Waals surface area contributed by atoms with Crippen molar-refractivity contribution >= 4 is 29.5 Å². The predicted octanol–water partition coefficient (Wildman–Crippen LogP) is 1.90. The highest BCUT2D eigenvalue weighted by molar-refractivity contribution is 6.30. The Kier molecular flexibility index (Phi) is 6.14. The maximum Gasteiger partial charge on any atom is 0.306 e. The number of aromatic nitrogens is 3. The summed E-state index contributed by atoms with van der Waals surface area (Å²) in [6, 6.07) is 5.37. The topological polar surface area (TPSA) is 126 Å². The normalized spacial score (nSPS) is 10.4. The van der Waals surface area contributed by atoms with Gasteiger partial charge in [-0.25, -0.2) is 0 Å². The Morgan fingerprint density at radius 1 is 1.21 bits per heavy atom. The van der Waals surface area contributed by atoms with Gasteiger partial charge in [-0.2, -0.15) is 15.0 Å². The molecule has 2 rings (SSSR count). The fourth-order valence-corrected chi connectivity index (χ4v) is 2.14. The van der Waals surface area contributed by atoms with E-state index in [1.807, 2.05) is 13.0 Å². The first-order chi connectivity index (χ1) is 11.4. The number of hydrogen-bond acceptors (Lipinski definition) is 8. The summed E-state index contributed by atoms with van der Waals surface area (Å²) in [4.78, 5) is 23.0. The first-order valence-electron chi connectivity index (χ1n) is 7.24. The molecule has 0 atom stereocenters. The van der Waals surface area contributed by atoms with Crippen LogP contribution in [0.5, 0.6) is 5.75 Å². The zero-order valence-electron chi connectivity index (χ0n) is 13.2. The number of nitrogen functional groups attached to an aromatic ring is 2. The van der Waals surface area contributed by atoms with Gasteiger partial charge in [0.05, 0.1) is 6.61 Å². The van der Waals surface area contributed by atoms with Gasteiger partial charge in [0.1, 0.15) is 5.75 Å². The number of nitrogens with zero attached hydrogens (tertiary/aromatic N) is 3. The van der Waals surface area contributed by atoms with Crippen molar-refractivity contribution in [3.63, 3.8) is 0 Å². The molecule has 0 radical (unpaired) electrons. The second-order valence-electron chi connectivity index (χ2n) is 4.99. The fourth-order valence-electron chi connectivity index (χ4n) is 1.91. The minimum Gasteiger partial charge on any atom is -0.493 e. The molecule has 0 saturated carbocycles. The van der Waals surface area contributed by atoms with Crippen molar-refractivity contribution in [1.29, 1.82) is 0 Å². The van der Waals surface area contributed by atoms with Crippen LogP contribution < -0.4 is 16.2 Å². The van der Waals surface area contributed by atoms with Crippen LogP contribution in [-0.2, 0) is 16.1 Å². The van der Waals surface area contributed by atoms with Crippen LogP contribution in [0.15, 0.2) is 18.2 Å². The highest BCUT2D eigenvalue weighted by atomic mass is 35.5. The van der Waals surface area contributed by atoms with Gasteiger partial charge in [-0.15, -0.1) is 0 Å². The quantitative estimate of drug-likeness (QED) is 0.572. The van der Waals surface area contributed by atoms with Gasteiger partial charge in [0.25, 0.3) is 0 Å². The van der Waals surface area contributed by atoms with Crippen LogP contribution in [0.3, 0.4) is 0 Å². The summed E-state index contributed by atoms with van der Waals surface area (Å²) in [5.41, 5.74) is 11.8. The number of carbonyl (C=O) groups excluding carboxylic acids is 1. The second-order valence-corrected chi connectivity index (χ2v) is 5.43. The second kappa shape index (κ2) is 8.30. The average molecular weight is 352 g/mol. The molecule has 0 aliphatic carbocycles. The summed E-state index contributed by atoms with van der Waals surface area (Å²) in [5, 5.41) is 0.656. The Balaban J connectivity index is 1.69. The summed E-state index contributed by atoms with van der Waals surface area (Å²) in [5.74, 6) is 0.537. The third kappa shape index (κ3) is 5.54. The molecule has 9 heteroatoms. The van der Waals surface area contributed by atoms with E-state index in [-0.39, 0.29) is 36.7 Å². The van der Waals surface area contributed by atoms with Crippen molar-refractivity contribution in [3.8, 4) is 5.75 Å². The molecule has 1 heterocycles. The standard InChI is InChI=1S/C15H18ClN5O3/c1-9-7-10(16)4-5-11(9)23-6-2-3-13(22)24-8-12-19-14(17)21-15(18)20-12/h4-5,7H,2-3,6,8H2,1H3,(H4,17,18,19,20,21). The summed E-state index contributed by atoms with van der Waals surface area (Å²) < 4.78 is 10.7. The van der Waals surface area contributed by atoms with E-state index in [0.717, 1.165) is 11.3 Å². The van der Waals surface area contributed by atoms with E-state index in [9.17, 15) is 4.79 Å². The van der Waals surface area contributed by atoms with Crippen molar-refractivity contribution in [3.05, 3.63) is 34.6 Å². The first-order valence-corrected chi connectivity index (χ1v) is 7.62. The van der Waals surface area contributed by atoms with Gasteiger partial charge < -0.3 is 20.9 Å². The number of carbonyl (C=O) groups is 1. The zero-order chi connectivity index (χ0) is 17.5. The number of nitrogens with two attached hydrogens (primary N) is 2. The molecule has 8 nitrogen and oxygen atoms in total. The summed E-state index contributed by atoms with van der Waals surface area (Å²) >= 11 is 5.88. The summed E-state index contributed by atoms with van der Waals surface area (Å²) in [7, 11) is 0. The van der Waals surface area contributed by atoms with Crippen LogP contribution in [0.2, 0.25) is 5.02 Å². The summed E-state index contributed by atoms with van der Waals surface area (Å²) in [6.07, 6.45) is 0.727. The Morgan fingerprint density at radius 2 is 1.92 bits per heavy atom. The van der Waals surface area contributed by atoms with E-state index in [2.05, 4.69) is 15.0 Å². The number of ether oxygens (including phenoxy) is 2. The van der Waals surface area contributed by atoms with Crippen molar-refractivity contribution in [2.45, 2.75) is 26.4 Å². The minimum atomic E-state index is -0.385. The van der Waals surface area contributed by atoms with Crippen molar-refractivity contribution < 1.29 is 14.3 Å². The highest BCUT2D eigenvalue weighted by Gasteiger charge is 2.08. The largest absolute Gasteiger partial charge is 0.493 e. The smallest absolute Gasteiger partial charge is 0.306 e. The molecule has 0 fully saturated rings. The molecule has 2 aromatic rings.